The van der Waals surface area contributed by atoms with Gasteiger partial charge in [0, 0.05) is 29.2 Å². The lowest BCUT2D eigenvalue weighted by Crippen LogP contribution is -2.59. The van der Waals surface area contributed by atoms with Crippen molar-refractivity contribution < 1.29 is 27.9 Å². The van der Waals surface area contributed by atoms with E-state index in [0.29, 0.717) is 29.3 Å². The number of rotatable bonds is 7. The molecule has 1 fully saturated rings. The molecule has 2 N–H and O–H groups in total. The second-order valence-corrected chi connectivity index (χ2v) is 9.59. The van der Waals surface area contributed by atoms with Crippen LogP contribution in [0.1, 0.15) is 61.0 Å². The average molecular weight is 458 g/mol. The van der Waals surface area contributed by atoms with Crippen molar-refractivity contribution in [3.05, 3.63) is 71.2 Å². The number of alkyl halides is 2. The van der Waals surface area contributed by atoms with Crippen LogP contribution in [0.3, 0.4) is 0 Å². The monoisotopic (exact) mass is 458 g/mol. The second kappa shape index (κ2) is 8.24. The van der Waals surface area contributed by atoms with E-state index in [-0.39, 0.29) is 29.9 Å². The minimum absolute atomic E-state index is 0.0342. The maximum Gasteiger partial charge on any atom is 0.303 e. The van der Waals surface area contributed by atoms with Crippen molar-refractivity contribution in [1.82, 2.24) is 9.88 Å². The highest BCUT2D eigenvalue weighted by molar-refractivity contribution is 6.06. The Morgan fingerprint density at radius 2 is 1.76 bits per heavy atom. The molecule has 3 aromatic rings. The van der Waals surface area contributed by atoms with E-state index in [1.807, 2.05) is 13.8 Å². The molecule has 2 aromatic carbocycles. The van der Waals surface area contributed by atoms with Gasteiger partial charge < -0.3 is 15.0 Å². The standard InChI is InChI=1S/C25H25F3N2O3/c1-24(11-20(31)32)13-25(2,14-24)29-23(33)18-7-8-19(26)17-9-10-30(21(17)18)12-15-3-5-16(6-4-15)22(27)28/h3-10,22H,11-14H2,1-2H3,(H,29,33)(H,31,32). The number of carboxylic acids is 1. The van der Waals surface area contributed by atoms with Gasteiger partial charge in [0.15, 0.2) is 0 Å². The van der Waals surface area contributed by atoms with Gasteiger partial charge in [0.25, 0.3) is 12.3 Å². The summed E-state index contributed by atoms with van der Waals surface area (Å²) in [6.07, 6.45) is 0.202. The van der Waals surface area contributed by atoms with Crippen LogP contribution in [0.15, 0.2) is 48.7 Å². The molecular weight excluding hydrogens is 433 g/mol. The van der Waals surface area contributed by atoms with Gasteiger partial charge in [-0.3, -0.25) is 9.59 Å². The van der Waals surface area contributed by atoms with Gasteiger partial charge in [-0.15, -0.1) is 0 Å². The third-order valence-corrected chi connectivity index (χ3v) is 6.33. The van der Waals surface area contributed by atoms with Gasteiger partial charge in [-0.25, -0.2) is 13.2 Å². The van der Waals surface area contributed by atoms with Crippen LogP contribution in [0, 0.1) is 11.2 Å². The minimum Gasteiger partial charge on any atom is -0.481 e. The Morgan fingerprint density at radius 1 is 1.09 bits per heavy atom. The van der Waals surface area contributed by atoms with E-state index >= 15 is 0 Å². The highest BCUT2D eigenvalue weighted by Gasteiger charge is 2.50. The highest BCUT2D eigenvalue weighted by Crippen LogP contribution is 2.50. The topological polar surface area (TPSA) is 71.3 Å². The fraction of sp³-hybridized carbons (Fsp3) is 0.360. The molecule has 0 bridgehead atoms. The number of carbonyl (C=O) groups excluding carboxylic acids is 1. The van der Waals surface area contributed by atoms with Gasteiger partial charge in [0.2, 0.25) is 0 Å². The molecule has 5 nitrogen and oxygen atoms in total. The molecule has 0 atom stereocenters. The molecule has 0 aliphatic heterocycles. The Labute approximate surface area is 189 Å². The number of aromatic nitrogens is 1. The van der Waals surface area contributed by atoms with E-state index < -0.39 is 23.8 Å². The molecule has 1 saturated carbocycles. The first kappa shape index (κ1) is 22.9. The normalized spacial score (nSPS) is 22.4. The zero-order chi connectivity index (χ0) is 24.0. The highest BCUT2D eigenvalue weighted by atomic mass is 19.3. The Bertz CT molecular complexity index is 1210. The molecule has 1 aromatic heterocycles. The van der Waals surface area contributed by atoms with E-state index in [1.165, 1.54) is 24.3 Å². The summed E-state index contributed by atoms with van der Waals surface area (Å²) in [6.45, 7) is 4.04. The number of aliphatic carboxylic acids is 1. The maximum absolute atomic E-state index is 14.5. The first-order valence-corrected chi connectivity index (χ1v) is 10.7. The van der Waals surface area contributed by atoms with Crippen molar-refractivity contribution in [2.75, 3.05) is 0 Å². The lowest BCUT2D eigenvalue weighted by atomic mass is 9.57. The summed E-state index contributed by atoms with van der Waals surface area (Å²) in [5.74, 6) is -1.70. The molecule has 174 valence electrons. The van der Waals surface area contributed by atoms with Crippen molar-refractivity contribution in [1.29, 1.82) is 0 Å². The van der Waals surface area contributed by atoms with E-state index in [0.717, 1.165) is 5.56 Å². The van der Waals surface area contributed by atoms with Crippen LogP contribution in [0.2, 0.25) is 0 Å². The third kappa shape index (κ3) is 4.60. The Hall–Kier alpha value is -3.29. The zero-order valence-corrected chi connectivity index (χ0v) is 18.4. The molecule has 4 rings (SSSR count). The lowest BCUT2D eigenvalue weighted by molar-refractivity contribution is -0.142. The number of nitrogens with zero attached hydrogens (tertiary/aromatic N) is 1. The van der Waals surface area contributed by atoms with Crippen LogP contribution < -0.4 is 5.32 Å². The first-order chi connectivity index (χ1) is 15.5. The molecule has 1 aliphatic carbocycles. The number of amides is 1. The van der Waals surface area contributed by atoms with Gasteiger partial charge in [0.1, 0.15) is 5.82 Å². The Morgan fingerprint density at radius 3 is 2.36 bits per heavy atom. The zero-order valence-electron chi connectivity index (χ0n) is 18.4. The van der Waals surface area contributed by atoms with Crippen molar-refractivity contribution >= 4 is 22.8 Å². The fourth-order valence-electron chi connectivity index (χ4n) is 5.32. The molecule has 0 spiro atoms. The Balaban J connectivity index is 1.59. The summed E-state index contributed by atoms with van der Waals surface area (Å²) in [6, 6.07) is 10.1. The maximum atomic E-state index is 14.5. The number of fused-ring (bicyclic) bond motifs is 1. The SMILES string of the molecule is CC1(CC(=O)O)CC(C)(NC(=O)c2ccc(F)c3ccn(Cc4ccc(C(F)F)cc4)c23)C1. The summed E-state index contributed by atoms with van der Waals surface area (Å²) in [7, 11) is 0. The second-order valence-electron chi connectivity index (χ2n) is 9.59. The predicted octanol–water partition coefficient (Wildman–Crippen LogP) is 5.53. The molecular formula is C25H25F3N2O3. The summed E-state index contributed by atoms with van der Waals surface area (Å²) >= 11 is 0. The smallest absolute Gasteiger partial charge is 0.303 e. The van der Waals surface area contributed by atoms with E-state index in [4.69, 9.17) is 5.11 Å². The van der Waals surface area contributed by atoms with Crippen molar-refractivity contribution in [2.24, 2.45) is 5.41 Å². The van der Waals surface area contributed by atoms with Gasteiger partial charge in [-0.05, 0) is 48.9 Å². The van der Waals surface area contributed by atoms with E-state index in [2.05, 4.69) is 5.32 Å². The number of carboxylic acid groups (broad SMARTS) is 1. The summed E-state index contributed by atoms with van der Waals surface area (Å²) in [5, 5.41) is 12.4. The van der Waals surface area contributed by atoms with E-state index in [9.17, 15) is 22.8 Å². The van der Waals surface area contributed by atoms with Crippen molar-refractivity contribution in [2.45, 2.75) is 51.6 Å². The molecule has 0 unspecified atom stereocenters. The van der Waals surface area contributed by atoms with Crippen LogP contribution in [-0.2, 0) is 11.3 Å². The van der Waals surface area contributed by atoms with Crippen molar-refractivity contribution in [3.63, 3.8) is 0 Å². The number of nitrogens with one attached hydrogen (secondary N) is 1. The number of hydrogen-bond donors (Lipinski definition) is 2. The fourth-order valence-corrected chi connectivity index (χ4v) is 5.32. The molecule has 0 saturated heterocycles. The average Bonchev–Trinajstić information content (AvgIpc) is 3.11. The van der Waals surface area contributed by atoms with Crippen LogP contribution in [-0.4, -0.2) is 27.1 Å². The molecule has 33 heavy (non-hydrogen) atoms. The van der Waals surface area contributed by atoms with Gasteiger partial charge >= 0.3 is 5.97 Å². The summed E-state index contributed by atoms with van der Waals surface area (Å²) < 4.78 is 41.9. The largest absolute Gasteiger partial charge is 0.481 e. The quantitative estimate of drug-likeness (QED) is 0.489. The van der Waals surface area contributed by atoms with Gasteiger partial charge in [-0.1, -0.05) is 31.2 Å². The summed E-state index contributed by atoms with van der Waals surface area (Å²) in [4.78, 5) is 24.3. The number of hydrogen-bond acceptors (Lipinski definition) is 2. The molecule has 1 heterocycles. The summed E-state index contributed by atoms with van der Waals surface area (Å²) in [5.41, 5.74) is 0.449. The lowest BCUT2D eigenvalue weighted by Gasteiger charge is -2.52. The van der Waals surface area contributed by atoms with E-state index in [1.54, 1.807) is 29.0 Å². The minimum atomic E-state index is -2.55. The molecule has 0 radical (unpaired) electrons. The predicted molar refractivity (Wildman–Crippen MR) is 118 cm³/mol. The van der Waals surface area contributed by atoms with Crippen LogP contribution in [0.4, 0.5) is 13.2 Å². The third-order valence-electron chi connectivity index (χ3n) is 6.33. The Kier molecular flexibility index (Phi) is 5.72. The van der Waals surface area contributed by atoms with Crippen molar-refractivity contribution in [3.8, 4) is 0 Å². The number of carbonyl (C=O) groups is 2. The van der Waals surface area contributed by atoms with Crippen LogP contribution in [0.5, 0.6) is 0 Å². The molecule has 1 amide bonds. The van der Waals surface area contributed by atoms with Crippen LogP contribution in [0.25, 0.3) is 10.9 Å². The van der Waals surface area contributed by atoms with Gasteiger partial charge in [0.05, 0.1) is 17.5 Å². The molecule has 8 heteroatoms. The first-order valence-electron chi connectivity index (χ1n) is 10.7. The number of halogens is 3. The van der Waals surface area contributed by atoms with Gasteiger partial charge in [-0.2, -0.15) is 0 Å². The van der Waals surface area contributed by atoms with Crippen LogP contribution >= 0.6 is 0 Å². The molecule has 1 aliphatic rings. The number of benzene rings is 2.